The molecule has 4 aromatic rings. The molecule has 2 heterocycles. The number of ether oxygens (including phenoxy) is 1. The van der Waals surface area contributed by atoms with Gasteiger partial charge in [-0.25, -0.2) is 12.4 Å². The molecule has 1 aliphatic heterocycles. The highest BCUT2D eigenvalue weighted by atomic mass is 32.2. The van der Waals surface area contributed by atoms with E-state index < -0.39 is 10.0 Å². The fourth-order valence-electron chi connectivity index (χ4n) is 5.41. The monoisotopic (exact) mass is 603 g/mol. The first-order chi connectivity index (χ1) is 20.8. The van der Waals surface area contributed by atoms with Gasteiger partial charge in [0.15, 0.2) is 0 Å². The molecular formula is C33H41N5O4S. The summed E-state index contributed by atoms with van der Waals surface area (Å²) >= 11 is 0. The second-order valence-corrected chi connectivity index (χ2v) is 12.8. The molecule has 43 heavy (non-hydrogen) atoms. The van der Waals surface area contributed by atoms with Gasteiger partial charge < -0.3 is 20.7 Å². The molecule has 1 fully saturated rings. The smallest absolute Gasteiger partial charge is 0.268 e. The number of hydrogen-bond acceptors (Lipinski definition) is 7. The van der Waals surface area contributed by atoms with E-state index >= 15 is 0 Å². The summed E-state index contributed by atoms with van der Waals surface area (Å²) in [6.45, 7) is 7.87. The summed E-state index contributed by atoms with van der Waals surface area (Å²) in [7, 11) is -3.65. The van der Waals surface area contributed by atoms with Crippen molar-refractivity contribution >= 4 is 32.5 Å². The third-order valence-corrected chi connectivity index (χ3v) is 9.74. The number of nitrogens with one attached hydrogen (secondary N) is 1. The van der Waals surface area contributed by atoms with Crippen LogP contribution in [0.15, 0.2) is 90.0 Å². The number of benzene rings is 3. The summed E-state index contributed by atoms with van der Waals surface area (Å²) in [4.78, 5) is 16.3. The largest absolute Gasteiger partial charge is 0.494 e. The lowest BCUT2D eigenvalue weighted by Crippen LogP contribution is -2.46. The van der Waals surface area contributed by atoms with E-state index in [0.717, 1.165) is 74.4 Å². The number of primary amides is 1. The second kappa shape index (κ2) is 14.1. The summed E-state index contributed by atoms with van der Waals surface area (Å²) < 4.78 is 33.8. The van der Waals surface area contributed by atoms with Gasteiger partial charge >= 0.3 is 0 Å². The number of carbonyl (C=O) groups excluding carboxylic acids is 1. The summed E-state index contributed by atoms with van der Waals surface area (Å²) in [5, 5.41) is 4.05. The SMILES string of the molecule is C[C@H](NCc1ccc(OCCCCCN2CCN(c3cccc4c3ccn4S(=O)(=O)c3ccccc3)CC2)cc1)C(N)=O. The van der Waals surface area contributed by atoms with Crippen molar-refractivity contribution in [3.05, 3.63) is 90.6 Å². The van der Waals surface area contributed by atoms with E-state index in [1.807, 2.05) is 48.5 Å². The topological polar surface area (TPSA) is 110 Å². The normalized spacial score (nSPS) is 15.0. The molecule has 1 amide bonds. The van der Waals surface area contributed by atoms with Crippen molar-refractivity contribution < 1.29 is 17.9 Å². The number of nitrogens with two attached hydrogens (primary N) is 1. The van der Waals surface area contributed by atoms with Crippen LogP contribution in [0, 0.1) is 0 Å². The lowest BCUT2D eigenvalue weighted by Gasteiger charge is -2.36. The van der Waals surface area contributed by atoms with Crippen LogP contribution in [0.4, 0.5) is 5.69 Å². The van der Waals surface area contributed by atoms with Crippen LogP contribution >= 0.6 is 0 Å². The van der Waals surface area contributed by atoms with Crippen LogP contribution in [-0.4, -0.2) is 68.6 Å². The summed E-state index contributed by atoms with van der Waals surface area (Å²) in [6.07, 6.45) is 4.90. The highest BCUT2D eigenvalue weighted by Crippen LogP contribution is 2.31. The lowest BCUT2D eigenvalue weighted by atomic mass is 10.1. The van der Waals surface area contributed by atoms with Gasteiger partial charge in [0, 0.05) is 50.0 Å². The Morgan fingerprint density at radius 3 is 2.37 bits per heavy atom. The van der Waals surface area contributed by atoms with Crippen molar-refractivity contribution in [2.24, 2.45) is 5.73 Å². The maximum Gasteiger partial charge on any atom is 0.268 e. The molecule has 0 spiro atoms. The number of nitrogens with zero attached hydrogens (tertiary/aromatic N) is 3. The Morgan fingerprint density at radius 1 is 0.907 bits per heavy atom. The fraction of sp³-hybridized carbons (Fsp3) is 0.364. The number of fused-ring (bicyclic) bond motifs is 1. The number of hydrogen-bond donors (Lipinski definition) is 2. The van der Waals surface area contributed by atoms with Crippen molar-refractivity contribution in [1.82, 2.24) is 14.2 Å². The molecule has 0 unspecified atom stereocenters. The molecule has 9 nitrogen and oxygen atoms in total. The van der Waals surface area contributed by atoms with Crippen LogP contribution in [-0.2, 0) is 21.4 Å². The quantitative estimate of drug-likeness (QED) is 0.208. The Balaban J connectivity index is 1.03. The Kier molecular flexibility index (Phi) is 10.0. The third-order valence-electron chi connectivity index (χ3n) is 8.04. The molecule has 1 atom stereocenters. The molecule has 3 N–H and O–H groups in total. The van der Waals surface area contributed by atoms with Crippen molar-refractivity contribution in [3.8, 4) is 5.75 Å². The number of unbranched alkanes of at least 4 members (excludes halogenated alkanes) is 2. The average Bonchev–Trinajstić information content (AvgIpc) is 3.48. The maximum atomic E-state index is 13.3. The maximum absolute atomic E-state index is 13.3. The minimum Gasteiger partial charge on any atom is -0.494 e. The van der Waals surface area contributed by atoms with Gasteiger partial charge in [-0.05, 0) is 80.8 Å². The van der Waals surface area contributed by atoms with Gasteiger partial charge in [0.1, 0.15) is 5.75 Å². The Morgan fingerprint density at radius 2 is 1.65 bits per heavy atom. The molecular weight excluding hydrogens is 562 g/mol. The van der Waals surface area contributed by atoms with Crippen LogP contribution in [0.5, 0.6) is 5.75 Å². The van der Waals surface area contributed by atoms with E-state index in [0.29, 0.717) is 18.7 Å². The van der Waals surface area contributed by atoms with Gasteiger partial charge in [-0.15, -0.1) is 0 Å². The zero-order valence-corrected chi connectivity index (χ0v) is 25.5. The molecule has 0 aliphatic carbocycles. The van der Waals surface area contributed by atoms with Gasteiger partial charge in [0.05, 0.1) is 23.1 Å². The van der Waals surface area contributed by atoms with Crippen molar-refractivity contribution in [2.75, 3.05) is 44.2 Å². The van der Waals surface area contributed by atoms with Gasteiger partial charge in [0.2, 0.25) is 5.91 Å². The van der Waals surface area contributed by atoms with E-state index in [4.69, 9.17) is 10.5 Å². The van der Waals surface area contributed by atoms with Gasteiger partial charge in [-0.1, -0.05) is 36.4 Å². The number of carbonyl (C=O) groups is 1. The predicted molar refractivity (Wildman–Crippen MR) is 171 cm³/mol. The first-order valence-electron chi connectivity index (χ1n) is 15.0. The van der Waals surface area contributed by atoms with E-state index in [1.165, 1.54) is 3.97 Å². The van der Waals surface area contributed by atoms with Crippen molar-refractivity contribution in [3.63, 3.8) is 0 Å². The second-order valence-electron chi connectivity index (χ2n) is 11.0. The van der Waals surface area contributed by atoms with Gasteiger partial charge in [-0.2, -0.15) is 0 Å². The Hall–Kier alpha value is -3.86. The van der Waals surface area contributed by atoms with Crippen LogP contribution in [0.1, 0.15) is 31.7 Å². The first kappa shape index (κ1) is 30.6. The minimum atomic E-state index is -3.65. The molecule has 1 aliphatic rings. The minimum absolute atomic E-state index is 0.286. The van der Waals surface area contributed by atoms with E-state index in [-0.39, 0.29) is 16.8 Å². The first-order valence-corrected chi connectivity index (χ1v) is 16.4. The van der Waals surface area contributed by atoms with Crippen LogP contribution in [0.25, 0.3) is 10.9 Å². The average molecular weight is 604 g/mol. The van der Waals surface area contributed by atoms with E-state index in [9.17, 15) is 13.2 Å². The molecule has 3 aromatic carbocycles. The summed E-state index contributed by atoms with van der Waals surface area (Å²) in [5.41, 5.74) is 8.15. The predicted octanol–water partition coefficient (Wildman–Crippen LogP) is 4.21. The van der Waals surface area contributed by atoms with E-state index in [2.05, 4.69) is 21.2 Å². The molecule has 5 rings (SSSR count). The molecule has 228 valence electrons. The van der Waals surface area contributed by atoms with Crippen LogP contribution in [0.3, 0.4) is 0 Å². The lowest BCUT2D eigenvalue weighted by molar-refractivity contribution is -0.119. The molecule has 10 heteroatoms. The number of piperazine rings is 1. The third kappa shape index (κ3) is 7.57. The standard InChI is InChI=1S/C33H41N5O4S/c1-26(33(34)39)35-25-27-13-15-28(16-14-27)42-24-7-3-6-18-36-20-22-37(23-21-36)31-11-8-12-32-30(31)17-19-38(32)43(40,41)29-9-4-2-5-10-29/h2,4-5,8-17,19,26,35H,3,6-7,18,20-25H2,1H3,(H2,34,39)/t26-/m0/s1. The fourth-order valence-corrected chi connectivity index (χ4v) is 6.78. The van der Waals surface area contributed by atoms with Crippen LogP contribution < -0.4 is 20.7 Å². The van der Waals surface area contributed by atoms with Gasteiger partial charge in [0.25, 0.3) is 10.0 Å². The zero-order valence-electron chi connectivity index (χ0n) is 24.7. The van der Waals surface area contributed by atoms with Gasteiger partial charge in [-0.3, -0.25) is 9.69 Å². The summed E-state index contributed by atoms with van der Waals surface area (Å²) in [6, 6.07) is 24.0. The molecule has 1 saturated heterocycles. The molecule has 1 aromatic heterocycles. The zero-order chi connectivity index (χ0) is 30.2. The number of amides is 1. The molecule has 0 saturated carbocycles. The number of aromatic nitrogens is 1. The number of anilines is 1. The Bertz CT molecular complexity index is 1600. The highest BCUT2D eigenvalue weighted by Gasteiger charge is 2.22. The molecule has 0 radical (unpaired) electrons. The highest BCUT2D eigenvalue weighted by molar-refractivity contribution is 7.90. The van der Waals surface area contributed by atoms with Crippen molar-refractivity contribution in [2.45, 2.75) is 43.7 Å². The molecule has 0 bridgehead atoms. The number of rotatable bonds is 14. The van der Waals surface area contributed by atoms with E-state index in [1.54, 1.807) is 37.4 Å². The summed E-state index contributed by atoms with van der Waals surface area (Å²) in [5.74, 6) is 0.494. The van der Waals surface area contributed by atoms with Crippen molar-refractivity contribution in [1.29, 1.82) is 0 Å². The van der Waals surface area contributed by atoms with Crippen LogP contribution in [0.2, 0.25) is 0 Å². The Labute approximate surface area is 254 Å².